The SMILES string of the molecule is CS(=O)(=Nc1cccc(C(F)(F)F)c1)c1ccccc1. The first-order valence-corrected chi connectivity index (χ1v) is 7.66. The number of rotatable bonds is 2. The van der Waals surface area contributed by atoms with Gasteiger partial charge in [0.1, 0.15) is 0 Å². The van der Waals surface area contributed by atoms with E-state index in [0.29, 0.717) is 4.90 Å². The molecule has 0 saturated heterocycles. The Morgan fingerprint density at radius 1 is 1.00 bits per heavy atom. The largest absolute Gasteiger partial charge is 0.416 e. The molecule has 0 aromatic heterocycles. The fourth-order valence-corrected chi connectivity index (χ4v) is 2.95. The van der Waals surface area contributed by atoms with Crippen LogP contribution < -0.4 is 0 Å². The van der Waals surface area contributed by atoms with E-state index in [0.717, 1.165) is 12.1 Å². The molecule has 2 aromatic carbocycles. The van der Waals surface area contributed by atoms with Gasteiger partial charge in [0.25, 0.3) is 0 Å². The highest BCUT2D eigenvalue weighted by molar-refractivity contribution is 7.93. The monoisotopic (exact) mass is 299 g/mol. The van der Waals surface area contributed by atoms with Gasteiger partial charge in [0.05, 0.1) is 21.0 Å². The summed E-state index contributed by atoms with van der Waals surface area (Å²) in [5, 5.41) is 0. The van der Waals surface area contributed by atoms with Crippen LogP contribution in [0.5, 0.6) is 0 Å². The minimum absolute atomic E-state index is 0.0520. The quantitative estimate of drug-likeness (QED) is 0.803. The lowest BCUT2D eigenvalue weighted by Gasteiger charge is -2.08. The van der Waals surface area contributed by atoms with Crippen molar-refractivity contribution in [1.29, 1.82) is 0 Å². The highest BCUT2D eigenvalue weighted by atomic mass is 32.2. The normalized spacial score (nSPS) is 14.6. The number of alkyl halides is 3. The predicted octanol–water partition coefficient (Wildman–Crippen LogP) is 4.49. The third kappa shape index (κ3) is 3.39. The summed E-state index contributed by atoms with van der Waals surface area (Å²) in [4.78, 5) is 0.484. The van der Waals surface area contributed by atoms with Crippen molar-refractivity contribution in [2.75, 3.05) is 6.26 Å². The van der Waals surface area contributed by atoms with Gasteiger partial charge in [-0.1, -0.05) is 24.3 Å². The van der Waals surface area contributed by atoms with Crippen LogP contribution in [-0.4, -0.2) is 10.5 Å². The zero-order valence-corrected chi connectivity index (χ0v) is 11.4. The lowest BCUT2D eigenvalue weighted by atomic mass is 10.2. The van der Waals surface area contributed by atoms with Gasteiger partial charge < -0.3 is 0 Å². The molecule has 0 aliphatic carbocycles. The van der Waals surface area contributed by atoms with Crippen molar-refractivity contribution in [1.82, 2.24) is 0 Å². The van der Waals surface area contributed by atoms with Gasteiger partial charge in [0.15, 0.2) is 0 Å². The van der Waals surface area contributed by atoms with E-state index in [1.54, 1.807) is 30.3 Å². The topological polar surface area (TPSA) is 29.4 Å². The summed E-state index contributed by atoms with van der Waals surface area (Å²) in [5.74, 6) is 0. The van der Waals surface area contributed by atoms with Crippen molar-refractivity contribution in [2.45, 2.75) is 11.1 Å². The minimum Gasteiger partial charge on any atom is -0.245 e. The maximum atomic E-state index is 12.6. The zero-order valence-electron chi connectivity index (χ0n) is 10.6. The maximum Gasteiger partial charge on any atom is 0.416 e. The van der Waals surface area contributed by atoms with Gasteiger partial charge in [-0.3, -0.25) is 0 Å². The summed E-state index contributed by atoms with van der Waals surface area (Å²) in [7, 11) is -2.77. The maximum absolute atomic E-state index is 12.6. The first kappa shape index (κ1) is 14.6. The average Bonchev–Trinajstić information content (AvgIpc) is 2.38. The molecule has 0 aliphatic rings. The van der Waals surface area contributed by atoms with Gasteiger partial charge in [0.2, 0.25) is 0 Å². The summed E-state index contributed by atoms with van der Waals surface area (Å²) < 4.78 is 54.3. The summed E-state index contributed by atoms with van der Waals surface area (Å²) in [6.45, 7) is 0. The van der Waals surface area contributed by atoms with E-state index in [9.17, 15) is 17.4 Å². The molecule has 0 N–H and O–H groups in total. The third-order valence-corrected chi connectivity index (χ3v) is 4.34. The van der Waals surface area contributed by atoms with Crippen LogP contribution in [0.25, 0.3) is 0 Å². The Morgan fingerprint density at radius 2 is 1.65 bits per heavy atom. The molecule has 20 heavy (non-hydrogen) atoms. The van der Waals surface area contributed by atoms with Crippen molar-refractivity contribution < 1.29 is 17.4 Å². The Balaban J connectivity index is 2.48. The molecule has 6 heteroatoms. The van der Waals surface area contributed by atoms with E-state index in [4.69, 9.17) is 0 Å². The van der Waals surface area contributed by atoms with Gasteiger partial charge in [-0.25, -0.2) is 4.21 Å². The fourth-order valence-electron chi connectivity index (χ4n) is 1.67. The predicted molar refractivity (Wildman–Crippen MR) is 72.3 cm³/mol. The Bertz CT molecular complexity index is 717. The smallest absolute Gasteiger partial charge is 0.245 e. The van der Waals surface area contributed by atoms with Crippen LogP contribution in [0, 0.1) is 0 Å². The summed E-state index contributed by atoms with van der Waals surface area (Å²) in [5.41, 5.74) is -0.752. The number of nitrogens with zero attached hydrogens (tertiary/aromatic N) is 1. The van der Waals surface area contributed by atoms with Crippen LogP contribution in [0.1, 0.15) is 5.56 Å². The van der Waals surface area contributed by atoms with Crippen molar-refractivity contribution in [3.63, 3.8) is 0 Å². The molecule has 2 aromatic rings. The molecular weight excluding hydrogens is 287 g/mol. The van der Waals surface area contributed by atoms with E-state index < -0.39 is 21.5 Å². The number of benzene rings is 2. The van der Waals surface area contributed by atoms with Crippen LogP contribution in [0.3, 0.4) is 0 Å². The number of hydrogen-bond acceptors (Lipinski definition) is 2. The van der Waals surface area contributed by atoms with E-state index in [2.05, 4.69) is 4.36 Å². The molecule has 0 bridgehead atoms. The molecule has 1 unspecified atom stereocenters. The summed E-state index contributed by atoms with van der Waals surface area (Å²) in [6, 6.07) is 13.0. The average molecular weight is 299 g/mol. The zero-order chi connectivity index (χ0) is 14.8. The van der Waals surface area contributed by atoms with Crippen molar-refractivity contribution in [3.8, 4) is 0 Å². The molecule has 106 valence electrons. The van der Waals surface area contributed by atoms with Gasteiger partial charge in [-0.05, 0) is 30.3 Å². The van der Waals surface area contributed by atoms with E-state index in [1.165, 1.54) is 18.4 Å². The molecule has 0 saturated carbocycles. The molecule has 0 fully saturated rings. The van der Waals surface area contributed by atoms with Gasteiger partial charge >= 0.3 is 6.18 Å². The standard InChI is InChI=1S/C14H12F3NOS/c1-20(19,13-8-3-2-4-9-13)18-12-7-5-6-11(10-12)14(15,16)17/h2-10H,1H3. The van der Waals surface area contributed by atoms with Gasteiger partial charge in [0, 0.05) is 11.2 Å². The molecule has 2 nitrogen and oxygen atoms in total. The van der Waals surface area contributed by atoms with Crippen molar-refractivity contribution >= 4 is 15.4 Å². The Morgan fingerprint density at radius 3 is 2.25 bits per heavy atom. The first-order valence-electron chi connectivity index (χ1n) is 5.73. The van der Waals surface area contributed by atoms with Crippen LogP contribution in [-0.2, 0) is 15.9 Å². The van der Waals surface area contributed by atoms with E-state index >= 15 is 0 Å². The Hall–Kier alpha value is -1.82. The Labute approximate surface area is 115 Å². The van der Waals surface area contributed by atoms with E-state index in [1.807, 2.05) is 0 Å². The van der Waals surface area contributed by atoms with Crippen LogP contribution in [0.4, 0.5) is 18.9 Å². The second kappa shape index (κ2) is 5.28. The molecule has 0 heterocycles. The summed E-state index contributed by atoms with van der Waals surface area (Å²) >= 11 is 0. The molecule has 0 aliphatic heterocycles. The highest BCUT2D eigenvalue weighted by Crippen LogP contribution is 2.32. The van der Waals surface area contributed by atoms with Crippen LogP contribution in [0.2, 0.25) is 0 Å². The lowest BCUT2D eigenvalue weighted by Crippen LogP contribution is -2.04. The van der Waals surface area contributed by atoms with Crippen molar-refractivity contribution in [3.05, 3.63) is 60.2 Å². The third-order valence-electron chi connectivity index (χ3n) is 2.63. The lowest BCUT2D eigenvalue weighted by molar-refractivity contribution is -0.137. The minimum atomic E-state index is -4.44. The van der Waals surface area contributed by atoms with E-state index in [-0.39, 0.29) is 5.69 Å². The van der Waals surface area contributed by atoms with Crippen LogP contribution >= 0.6 is 0 Å². The number of hydrogen-bond donors (Lipinski definition) is 0. The molecule has 0 spiro atoms. The second-order valence-electron chi connectivity index (χ2n) is 4.25. The molecule has 0 amide bonds. The molecule has 1 atom stereocenters. The molecule has 2 rings (SSSR count). The fraction of sp³-hybridized carbons (Fsp3) is 0.143. The second-order valence-corrected chi connectivity index (χ2v) is 6.51. The molecular formula is C14H12F3NOS. The highest BCUT2D eigenvalue weighted by Gasteiger charge is 2.30. The van der Waals surface area contributed by atoms with Gasteiger partial charge in [-0.2, -0.15) is 17.5 Å². The number of halogens is 3. The van der Waals surface area contributed by atoms with Crippen LogP contribution in [0.15, 0.2) is 63.9 Å². The first-order chi connectivity index (χ1) is 9.29. The molecule has 0 radical (unpaired) electrons. The van der Waals surface area contributed by atoms with Crippen molar-refractivity contribution in [2.24, 2.45) is 4.36 Å². The summed E-state index contributed by atoms with van der Waals surface area (Å²) in [6.07, 6.45) is -3.03. The Kier molecular flexibility index (Phi) is 3.85. The van der Waals surface area contributed by atoms with Gasteiger partial charge in [-0.15, -0.1) is 0 Å².